The second-order valence-electron chi connectivity index (χ2n) is 4.84. The lowest BCUT2D eigenvalue weighted by molar-refractivity contribution is 0.415. The molecule has 19 heavy (non-hydrogen) atoms. The lowest BCUT2D eigenvalue weighted by Crippen LogP contribution is -1.94. The summed E-state index contributed by atoms with van der Waals surface area (Å²) in [5, 5.41) is 10.6. The van der Waals surface area contributed by atoms with Crippen molar-refractivity contribution in [3.05, 3.63) is 29.5 Å². The van der Waals surface area contributed by atoms with Gasteiger partial charge in [-0.15, -0.1) is 0 Å². The molecule has 3 nitrogen and oxygen atoms in total. The Hall–Kier alpha value is -1.95. The smallest absolute Gasteiger partial charge is 0.124 e. The third-order valence-electron chi connectivity index (χ3n) is 3.65. The van der Waals surface area contributed by atoms with Gasteiger partial charge in [-0.1, -0.05) is 19.8 Å². The lowest BCUT2D eigenvalue weighted by atomic mass is 10.0. The van der Waals surface area contributed by atoms with Gasteiger partial charge in [0.15, 0.2) is 0 Å². The zero-order chi connectivity index (χ0) is 13.8. The van der Waals surface area contributed by atoms with Crippen LogP contribution in [0, 0.1) is 11.3 Å². The van der Waals surface area contributed by atoms with E-state index in [9.17, 15) is 5.26 Å². The number of ether oxygens (including phenoxy) is 1. The van der Waals surface area contributed by atoms with Crippen LogP contribution in [-0.4, -0.2) is 11.7 Å². The van der Waals surface area contributed by atoms with Crippen molar-refractivity contribution in [1.29, 1.82) is 5.26 Å². The van der Waals surface area contributed by atoms with E-state index in [-0.39, 0.29) is 0 Å². The maximum Gasteiger partial charge on any atom is 0.124 e. The summed E-state index contributed by atoms with van der Waals surface area (Å²) in [4.78, 5) is 0. The average Bonchev–Trinajstić information content (AvgIpc) is 2.71. The Morgan fingerprint density at radius 3 is 2.74 bits per heavy atom. The fourth-order valence-electron chi connectivity index (χ4n) is 2.57. The number of rotatable bonds is 5. The Morgan fingerprint density at radius 2 is 2.11 bits per heavy atom. The Bertz CT molecular complexity index is 620. The van der Waals surface area contributed by atoms with Crippen LogP contribution < -0.4 is 4.74 Å². The van der Waals surface area contributed by atoms with Gasteiger partial charge in [0.2, 0.25) is 0 Å². The van der Waals surface area contributed by atoms with E-state index in [1.165, 1.54) is 23.8 Å². The largest absolute Gasteiger partial charge is 0.497 e. The third-order valence-corrected chi connectivity index (χ3v) is 3.65. The molecule has 0 spiro atoms. The van der Waals surface area contributed by atoms with E-state index in [0.29, 0.717) is 0 Å². The molecular formula is C16H20N2O. The van der Waals surface area contributed by atoms with E-state index in [2.05, 4.69) is 19.1 Å². The van der Waals surface area contributed by atoms with Gasteiger partial charge < -0.3 is 9.30 Å². The van der Waals surface area contributed by atoms with Crippen molar-refractivity contribution < 1.29 is 4.74 Å². The molecule has 0 unspecified atom stereocenters. The van der Waals surface area contributed by atoms with Gasteiger partial charge in [-0.2, -0.15) is 5.26 Å². The van der Waals surface area contributed by atoms with Crippen molar-refractivity contribution in [2.75, 3.05) is 7.11 Å². The molecule has 0 aliphatic rings. The second kappa shape index (κ2) is 5.79. The standard InChI is InChI=1S/C16H20N2O/c1-4-5-6-7-13-14-9-8-12(19-3)10-15(14)18(2)16(13)11-17/h8-10H,4-7H2,1-3H3. The molecular weight excluding hydrogens is 236 g/mol. The van der Waals surface area contributed by atoms with Gasteiger partial charge in [-0.05, 0) is 30.5 Å². The topological polar surface area (TPSA) is 38.0 Å². The number of hydrogen-bond acceptors (Lipinski definition) is 2. The van der Waals surface area contributed by atoms with Crippen LogP contribution in [0.25, 0.3) is 10.9 Å². The Balaban J connectivity index is 2.52. The predicted octanol–water partition coefficient (Wildman–Crippen LogP) is 3.79. The first-order valence-corrected chi connectivity index (χ1v) is 6.78. The Morgan fingerprint density at radius 1 is 1.32 bits per heavy atom. The number of unbranched alkanes of at least 4 members (excludes halogenated alkanes) is 2. The summed E-state index contributed by atoms with van der Waals surface area (Å²) in [5.74, 6) is 0.831. The monoisotopic (exact) mass is 256 g/mol. The molecule has 0 N–H and O–H groups in total. The normalized spacial score (nSPS) is 10.6. The maximum absolute atomic E-state index is 9.38. The molecule has 0 bridgehead atoms. The summed E-state index contributed by atoms with van der Waals surface area (Å²) in [6.07, 6.45) is 4.51. The molecule has 0 saturated carbocycles. The van der Waals surface area contributed by atoms with E-state index < -0.39 is 0 Å². The Kier molecular flexibility index (Phi) is 4.11. The summed E-state index contributed by atoms with van der Waals surface area (Å²) in [6.45, 7) is 2.19. The number of methoxy groups -OCH3 is 1. The number of nitrogens with zero attached hydrogens (tertiary/aromatic N) is 2. The number of nitriles is 1. The second-order valence-corrected chi connectivity index (χ2v) is 4.84. The van der Waals surface area contributed by atoms with Gasteiger partial charge in [0.05, 0.1) is 12.6 Å². The first-order chi connectivity index (χ1) is 9.22. The van der Waals surface area contributed by atoms with E-state index in [0.717, 1.165) is 29.8 Å². The minimum atomic E-state index is 0.777. The molecule has 100 valence electrons. The van der Waals surface area contributed by atoms with Crippen LogP contribution in [0.5, 0.6) is 5.75 Å². The lowest BCUT2D eigenvalue weighted by Gasteiger charge is -2.01. The number of benzene rings is 1. The molecule has 1 aromatic carbocycles. The van der Waals surface area contributed by atoms with Gasteiger partial charge in [0.25, 0.3) is 0 Å². The van der Waals surface area contributed by atoms with Gasteiger partial charge in [0.1, 0.15) is 17.5 Å². The fourth-order valence-corrected chi connectivity index (χ4v) is 2.57. The summed E-state index contributed by atoms with van der Waals surface area (Å²) < 4.78 is 7.23. The number of aromatic nitrogens is 1. The van der Waals surface area contributed by atoms with Crippen molar-refractivity contribution in [2.24, 2.45) is 7.05 Å². The quantitative estimate of drug-likeness (QED) is 0.763. The van der Waals surface area contributed by atoms with E-state index in [1.807, 2.05) is 23.7 Å². The molecule has 0 atom stereocenters. The molecule has 1 heterocycles. The van der Waals surface area contributed by atoms with E-state index in [1.54, 1.807) is 7.11 Å². The first-order valence-electron chi connectivity index (χ1n) is 6.78. The number of aryl methyl sites for hydroxylation is 2. The van der Waals surface area contributed by atoms with Crippen molar-refractivity contribution in [1.82, 2.24) is 4.57 Å². The predicted molar refractivity (Wildman–Crippen MR) is 77.4 cm³/mol. The van der Waals surface area contributed by atoms with Crippen LogP contribution in [0.15, 0.2) is 18.2 Å². The zero-order valence-corrected chi connectivity index (χ0v) is 11.9. The van der Waals surface area contributed by atoms with Crippen molar-refractivity contribution >= 4 is 10.9 Å². The molecule has 3 heteroatoms. The van der Waals surface area contributed by atoms with Crippen LogP contribution in [0.1, 0.15) is 37.4 Å². The van der Waals surface area contributed by atoms with Crippen molar-refractivity contribution in [2.45, 2.75) is 32.6 Å². The number of fused-ring (bicyclic) bond motifs is 1. The zero-order valence-electron chi connectivity index (χ0n) is 11.9. The molecule has 0 aliphatic carbocycles. The first kappa shape index (κ1) is 13.5. The fraction of sp³-hybridized carbons (Fsp3) is 0.438. The SMILES string of the molecule is CCCCCc1c(C#N)n(C)c2cc(OC)ccc12. The number of hydrogen-bond donors (Lipinski definition) is 0. The van der Waals surface area contributed by atoms with Gasteiger partial charge >= 0.3 is 0 Å². The highest BCUT2D eigenvalue weighted by Gasteiger charge is 2.14. The minimum absolute atomic E-state index is 0.777. The summed E-state index contributed by atoms with van der Waals surface area (Å²) in [7, 11) is 3.61. The molecule has 2 aromatic rings. The van der Waals surface area contributed by atoms with Crippen LogP contribution >= 0.6 is 0 Å². The van der Waals surface area contributed by atoms with E-state index >= 15 is 0 Å². The highest BCUT2D eigenvalue weighted by molar-refractivity contribution is 5.87. The summed E-state index contributed by atoms with van der Waals surface area (Å²) in [6, 6.07) is 8.37. The highest BCUT2D eigenvalue weighted by atomic mass is 16.5. The maximum atomic E-state index is 9.38. The molecule has 0 aliphatic heterocycles. The molecule has 0 saturated heterocycles. The molecule has 1 aromatic heterocycles. The van der Waals surface area contributed by atoms with Gasteiger partial charge in [0, 0.05) is 18.5 Å². The van der Waals surface area contributed by atoms with Crippen molar-refractivity contribution in [3.8, 4) is 11.8 Å². The van der Waals surface area contributed by atoms with Crippen molar-refractivity contribution in [3.63, 3.8) is 0 Å². The molecule has 0 fully saturated rings. The van der Waals surface area contributed by atoms with E-state index in [4.69, 9.17) is 4.74 Å². The molecule has 2 rings (SSSR count). The molecule has 0 radical (unpaired) electrons. The van der Waals surface area contributed by atoms with Gasteiger partial charge in [-0.25, -0.2) is 0 Å². The minimum Gasteiger partial charge on any atom is -0.497 e. The summed E-state index contributed by atoms with van der Waals surface area (Å²) >= 11 is 0. The average molecular weight is 256 g/mol. The summed E-state index contributed by atoms with van der Waals surface area (Å²) in [5.41, 5.74) is 3.03. The van der Waals surface area contributed by atoms with Crippen LogP contribution in [0.3, 0.4) is 0 Å². The highest BCUT2D eigenvalue weighted by Crippen LogP contribution is 2.29. The van der Waals surface area contributed by atoms with Gasteiger partial charge in [-0.3, -0.25) is 0 Å². The van der Waals surface area contributed by atoms with Crippen LogP contribution in [-0.2, 0) is 13.5 Å². The molecule has 0 amide bonds. The van der Waals surface area contributed by atoms with Crippen LogP contribution in [0.4, 0.5) is 0 Å². The third kappa shape index (κ3) is 2.44. The van der Waals surface area contributed by atoms with Crippen LogP contribution in [0.2, 0.25) is 0 Å². The Labute approximate surface area is 114 Å².